The van der Waals surface area contributed by atoms with E-state index < -0.39 is 0 Å². The monoisotopic (exact) mass is 562 g/mol. The highest BCUT2D eigenvalue weighted by atomic mass is 127. The number of nitrogens with zero attached hydrogens (tertiary/aromatic N) is 4. The molecule has 2 atom stereocenters. The van der Waals surface area contributed by atoms with E-state index >= 15 is 0 Å². The maximum absolute atomic E-state index is 12.0. The first-order valence-electron chi connectivity index (χ1n) is 11.2. The van der Waals surface area contributed by atoms with E-state index in [0.29, 0.717) is 18.5 Å². The van der Waals surface area contributed by atoms with E-state index in [0.717, 1.165) is 38.7 Å². The van der Waals surface area contributed by atoms with Crippen molar-refractivity contribution < 1.29 is 4.79 Å². The summed E-state index contributed by atoms with van der Waals surface area (Å²) in [7, 11) is 4.12. The number of nitrogens with one attached hydrogen (secondary N) is 2. The van der Waals surface area contributed by atoms with Crippen molar-refractivity contribution >= 4 is 47.2 Å². The Hall–Kier alpha value is -0.910. The molecule has 9 heteroatoms. The van der Waals surface area contributed by atoms with Crippen molar-refractivity contribution in [3.05, 3.63) is 22.4 Å². The number of halogens is 1. The molecule has 1 aromatic rings. The standard InChI is InChI=1S/C22H38N6OS.HI/c1-17(2)25-20(29)16-27-10-12-28(13-11-27)22(23-3)24-15-18-7-5-9-26(4)21(18)19-8-6-14-30-19;/h6,8,14,17-18,21H,5,7,9-13,15-16H2,1-4H3,(H,23,24)(H,25,29);1H. The first-order valence-corrected chi connectivity index (χ1v) is 12.1. The van der Waals surface area contributed by atoms with E-state index in [-0.39, 0.29) is 35.9 Å². The molecule has 176 valence electrons. The Morgan fingerprint density at radius 1 is 1.26 bits per heavy atom. The first kappa shape index (κ1) is 26.3. The van der Waals surface area contributed by atoms with Crippen molar-refractivity contribution in [1.82, 2.24) is 25.3 Å². The minimum absolute atomic E-state index is 0. The van der Waals surface area contributed by atoms with E-state index in [9.17, 15) is 4.79 Å². The third-order valence-electron chi connectivity index (χ3n) is 6.06. The molecule has 0 saturated carbocycles. The third kappa shape index (κ3) is 7.57. The second-order valence-electron chi connectivity index (χ2n) is 8.76. The summed E-state index contributed by atoms with van der Waals surface area (Å²) in [5, 5.41) is 8.82. The maximum Gasteiger partial charge on any atom is 0.234 e. The van der Waals surface area contributed by atoms with Gasteiger partial charge in [0.15, 0.2) is 5.96 Å². The zero-order valence-electron chi connectivity index (χ0n) is 19.3. The number of aliphatic imine (C=N–C) groups is 1. The lowest BCUT2D eigenvalue weighted by molar-refractivity contribution is -0.123. The van der Waals surface area contributed by atoms with Crippen LogP contribution >= 0.6 is 35.3 Å². The third-order valence-corrected chi connectivity index (χ3v) is 7.01. The van der Waals surface area contributed by atoms with Crippen molar-refractivity contribution in [2.75, 3.05) is 59.9 Å². The smallest absolute Gasteiger partial charge is 0.234 e. The molecule has 0 bridgehead atoms. The number of rotatable bonds is 6. The average molecular weight is 563 g/mol. The summed E-state index contributed by atoms with van der Waals surface area (Å²) < 4.78 is 0. The highest BCUT2D eigenvalue weighted by Crippen LogP contribution is 2.36. The van der Waals surface area contributed by atoms with Gasteiger partial charge in [0.05, 0.1) is 6.54 Å². The predicted octanol–water partition coefficient (Wildman–Crippen LogP) is 2.47. The summed E-state index contributed by atoms with van der Waals surface area (Å²) in [6.07, 6.45) is 2.50. The Morgan fingerprint density at radius 2 is 2.00 bits per heavy atom. The van der Waals surface area contributed by atoms with Crippen molar-refractivity contribution in [3.8, 4) is 0 Å². The Balaban J connectivity index is 0.00000341. The lowest BCUT2D eigenvalue weighted by Crippen LogP contribution is -2.55. The SMILES string of the molecule is CN=C(NCC1CCCN(C)C1c1cccs1)N1CCN(CC(=O)NC(C)C)CC1.I. The van der Waals surface area contributed by atoms with Gasteiger partial charge in [-0.3, -0.25) is 19.6 Å². The Labute approximate surface area is 208 Å². The molecule has 3 heterocycles. The topological polar surface area (TPSA) is 63.2 Å². The van der Waals surface area contributed by atoms with Gasteiger partial charge < -0.3 is 15.5 Å². The van der Waals surface area contributed by atoms with Crippen LogP contribution in [-0.2, 0) is 4.79 Å². The van der Waals surface area contributed by atoms with Crippen LogP contribution in [0.3, 0.4) is 0 Å². The summed E-state index contributed by atoms with van der Waals surface area (Å²) in [5.74, 6) is 1.68. The Kier molecular flexibility index (Phi) is 11.0. The number of carbonyl (C=O) groups excluding carboxylic acids is 1. The lowest BCUT2D eigenvalue weighted by atomic mass is 9.88. The number of hydrogen-bond acceptors (Lipinski definition) is 5. The highest BCUT2D eigenvalue weighted by Gasteiger charge is 2.31. The summed E-state index contributed by atoms with van der Waals surface area (Å²) in [6, 6.07) is 5.11. The zero-order valence-corrected chi connectivity index (χ0v) is 22.5. The number of carbonyl (C=O) groups is 1. The van der Waals surface area contributed by atoms with Gasteiger partial charge in [-0.25, -0.2) is 0 Å². The van der Waals surface area contributed by atoms with Crippen LogP contribution in [-0.4, -0.2) is 92.5 Å². The normalized spacial score (nSPS) is 23.5. The van der Waals surface area contributed by atoms with Gasteiger partial charge in [-0.05, 0) is 57.6 Å². The predicted molar refractivity (Wildman–Crippen MR) is 140 cm³/mol. The molecule has 2 N–H and O–H groups in total. The van der Waals surface area contributed by atoms with Crippen LogP contribution in [0.1, 0.15) is 37.6 Å². The molecule has 0 spiro atoms. The molecule has 2 saturated heterocycles. The second-order valence-corrected chi connectivity index (χ2v) is 9.74. The van der Waals surface area contributed by atoms with Gasteiger partial charge in [0.25, 0.3) is 0 Å². The van der Waals surface area contributed by atoms with Gasteiger partial charge >= 0.3 is 0 Å². The van der Waals surface area contributed by atoms with Crippen LogP contribution < -0.4 is 10.6 Å². The molecule has 1 amide bonds. The molecule has 1 aromatic heterocycles. The molecule has 2 fully saturated rings. The van der Waals surface area contributed by atoms with Crippen LogP contribution in [0.15, 0.2) is 22.5 Å². The Bertz CT molecular complexity index is 690. The van der Waals surface area contributed by atoms with Crippen molar-refractivity contribution in [1.29, 1.82) is 0 Å². The van der Waals surface area contributed by atoms with E-state index in [1.54, 1.807) is 0 Å². The van der Waals surface area contributed by atoms with Crippen LogP contribution in [0.25, 0.3) is 0 Å². The van der Waals surface area contributed by atoms with E-state index in [1.165, 1.54) is 24.3 Å². The van der Waals surface area contributed by atoms with Gasteiger partial charge in [-0.1, -0.05) is 6.07 Å². The summed E-state index contributed by atoms with van der Waals surface area (Å²) in [5.41, 5.74) is 0. The number of hydrogen-bond donors (Lipinski definition) is 2. The molecule has 0 aliphatic carbocycles. The Morgan fingerprint density at radius 3 is 2.61 bits per heavy atom. The largest absolute Gasteiger partial charge is 0.356 e. The van der Waals surface area contributed by atoms with E-state index in [1.807, 2.05) is 32.2 Å². The minimum atomic E-state index is 0. The maximum atomic E-state index is 12.0. The van der Waals surface area contributed by atoms with Crippen LogP contribution in [0.4, 0.5) is 0 Å². The number of thiophene rings is 1. The van der Waals surface area contributed by atoms with E-state index in [4.69, 9.17) is 0 Å². The average Bonchev–Trinajstić information content (AvgIpc) is 3.23. The van der Waals surface area contributed by atoms with Crippen molar-refractivity contribution in [2.24, 2.45) is 10.9 Å². The fraction of sp³-hybridized carbons (Fsp3) is 0.727. The van der Waals surface area contributed by atoms with Gasteiger partial charge in [-0.15, -0.1) is 35.3 Å². The molecular weight excluding hydrogens is 523 g/mol. The molecule has 2 aliphatic rings. The van der Waals surface area contributed by atoms with Crippen molar-refractivity contribution in [2.45, 2.75) is 38.8 Å². The molecule has 0 aromatic carbocycles. The quantitative estimate of drug-likeness (QED) is 0.317. The first-order chi connectivity index (χ1) is 14.5. The molecular formula is C22H39IN6OS. The summed E-state index contributed by atoms with van der Waals surface area (Å²) >= 11 is 1.87. The van der Waals surface area contributed by atoms with Gasteiger partial charge in [0.2, 0.25) is 5.91 Å². The van der Waals surface area contributed by atoms with Crippen LogP contribution in [0.5, 0.6) is 0 Å². The number of piperazine rings is 1. The lowest BCUT2D eigenvalue weighted by Gasteiger charge is -2.40. The van der Waals surface area contributed by atoms with E-state index in [2.05, 4.69) is 54.9 Å². The second kappa shape index (κ2) is 13.0. The number of amides is 1. The minimum Gasteiger partial charge on any atom is -0.356 e. The molecule has 0 radical (unpaired) electrons. The van der Waals surface area contributed by atoms with Gasteiger partial charge in [0.1, 0.15) is 0 Å². The van der Waals surface area contributed by atoms with Gasteiger partial charge in [0, 0.05) is 56.7 Å². The number of likely N-dealkylation sites (tertiary alicyclic amines) is 1. The number of piperidine rings is 1. The van der Waals surface area contributed by atoms with Gasteiger partial charge in [-0.2, -0.15) is 0 Å². The van der Waals surface area contributed by atoms with Crippen LogP contribution in [0.2, 0.25) is 0 Å². The molecule has 2 unspecified atom stereocenters. The molecule has 31 heavy (non-hydrogen) atoms. The zero-order chi connectivity index (χ0) is 21.5. The fourth-order valence-corrected chi connectivity index (χ4v) is 5.61. The molecule has 3 rings (SSSR count). The van der Waals surface area contributed by atoms with Crippen molar-refractivity contribution in [3.63, 3.8) is 0 Å². The molecule has 2 aliphatic heterocycles. The highest BCUT2D eigenvalue weighted by molar-refractivity contribution is 14.0. The number of guanidine groups is 1. The van der Waals surface area contributed by atoms with Crippen LogP contribution in [0, 0.1) is 5.92 Å². The molecule has 7 nitrogen and oxygen atoms in total. The summed E-state index contributed by atoms with van der Waals surface area (Å²) in [4.78, 5) is 25.1. The summed E-state index contributed by atoms with van der Waals surface area (Å²) in [6.45, 7) is 10.1. The fourth-order valence-electron chi connectivity index (χ4n) is 4.63.